The van der Waals surface area contributed by atoms with Crippen molar-refractivity contribution >= 4 is 56.2 Å². The first kappa shape index (κ1) is 22.3. The Kier molecular flexibility index (Phi) is 6.95. The fourth-order valence-corrected chi connectivity index (χ4v) is 3.78. The van der Waals surface area contributed by atoms with Gasteiger partial charge >= 0.3 is 0 Å². The third-order valence-corrected chi connectivity index (χ3v) is 5.69. The lowest BCUT2D eigenvalue weighted by atomic mass is 10.2. The summed E-state index contributed by atoms with van der Waals surface area (Å²) >= 11 is 11.1. The Bertz CT molecular complexity index is 1230. The predicted molar refractivity (Wildman–Crippen MR) is 124 cm³/mol. The monoisotopic (exact) mass is 474 g/mol. The maximum atomic E-state index is 12.8. The van der Waals surface area contributed by atoms with E-state index in [-0.39, 0.29) is 21.5 Å². The number of thiocarbonyl (C=S) groups is 1. The summed E-state index contributed by atoms with van der Waals surface area (Å²) in [5.41, 5.74) is 0.911. The average molecular weight is 475 g/mol. The van der Waals surface area contributed by atoms with Crippen molar-refractivity contribution in [2.24, 2.45) is 4.40 Å². The molecule has 0 spiro atoms. The van der Waals surface area contributed by atoms with Gasteiger partial charge in [0.15, 0.2) is 10.9 Å². The van der Waals surface area contributed by atoms with E-state index in [2.05, 4.69) is 15.0 Å². The third-order valence-electron chi connectivity index (χ3n) is 3.94. The van der Waals surface area contributed by atoms with Crippen LogP contribution >= 0.6 is 23.8 Å². The maximum absolute atomic E-state index is 12.8. The quantitative estimate of drug-likeness (QED) is 0.185. The minimum atomic E-state index is -4.05. The number of benzene rings is 3. The number of nitro benzene ring substituents is 1. The number of hydrogen-bond donors (Lipinski definition) is 2. The van der Waals surface area contributed by atoms with E-state index in [1.807, 2.05) is 0 Å². The van der Waals surface area contributed by atoms with E-state index in [9.17, 15) is 18.5 Å². The molecule has 0 heterocycles. The maximum Gasteiger partial charge on any atom is 0.284 e. The second-order valence-electron chi connectivity index (χ2n) is 6.12. The molecule has 8 nitrogen and oxygen atoms in total. The molecule has 0 aliphatic rings. The first-order chi connectivity index (χ1) is 14.7. The molecule has 31 heavy (non-hydrogen) atoms. The van der Waals surface area contributed by atoms with Crippen LogP contribution in [0.15, 0.2) is 88.2 Å². The normalized spacial score (nSPS) is 11.6. The number of sulfonamides is 1. The molecule has 11 heteroatoms. The van der Waals surface area contributed by atoms with Crippen molar-refractivity contribution in [3.8, 4) is 0 Å². The number of halogens is 1. The van der Waals surface area contributed by atoms with Crippen LogP contribution < -0.4 is 10.6 Å². The molecule has 0 radical (unpaired) electrons. The highest BCUT2D eigenvalue weighted by Crippen LogP contribution is 2.18. The highest BCUT2D eigenvalue weighted by atomic mass is 35.5. The number of non-ortho nitro benzene ring substituents is 1. The van der Waals surface area contributed by atoms with Crippen molar-refractivity contribution < 1.29 is 13.3 Å². The Labute approximate surface area is 188 Å². The summed E-state index contributed by atoms with van der Waals surface area (Å²) in [6.07, 6.45) is 0. The van der Waals surface area contributed by atoms with Crippen molar-refractivity contribution in [2.75, 3.05) is 5.32 Å². The molecule has 0 aromatic heterocycles. The van der Waals surface area contributed by atoms with Crippen LogP contribution in [0.1, 0.15) is 5.56 Å². The molecule has 3 aromatic carbocycles. The number of amidine groups is 1. The number of nitrogens with zero attached hydrogens (tertiary/aromatic N) is 2. The molecule has 0 fully saturated rings. The van der Waals surface area contributed by atoms with Gasteiger partial charge in [0.2, 0.25) is 0 Å². The molecular formula is C20H15ClN4O4S2. The zero-order chi connectivity index (χ0) is 22.4. The summed E-state index contributed by atoms with van der Waals surface area (Å²) in [5.74, 6) is 0.00922. The smallest absolute Gasteiger partial charge is 0.284 e. The van der Waals surface area contributed by atoms with Gasteiger partial charge < -0.3 is 10.6 Å². The lowest BCUT2D eigenvalue weighted by Crippen LogP contribution is -2.35. The molecule has 0 saturated heterocycles. The Morgan fingerprint density at radius 3 is 2.16 bits per heavy atom. The van der Waals surface area contributed by atoms with Crippen molar-refractivity contribution in [2.45, 2.75) is 4.90 Å². The average Bonchev–Trinajstić information content (AvgIpc) is 2.74. The van der Waals surface area contributed by atoms with E-state index >= 15 is 0 Å². The SMILES string of the molecule is O=[N+]([O-])c1ccc(NC(=S)N/C(=N/S(=O)(=O)c2ccc(Cl)cc2)c2ccccc2)cc1. The Hall–Kier alpha value is -3.34. The van der Waals surface area contributed by atoms with E-state index in [0.29, 0.717) is 16.3 Å². The number of anilines is 1. The summed E-state index contributed by atoms with van der Waals surface area (Å²) < 4.78 is 29.5. The molecule has 158 valence electrons. The number of hydrogen-bond acceptors (Lipinski definition) is 5. The van der Waals surface area contributed by atoms with E-state index < -0.39 is 14.9 Å². The Balaban J connectivity index is 1.87. The van der Waals surface area contributed by atoms with Gasteiger partial charge in [0.05, 0.1) is 9.82 Å². The number of nitrogens with one attached hydrogen (secondary N) is 2. The summed E-state index contributed by atoms with van der Waals surface area (Å²) in [7, 11) is -4.05. The van der Waals surface area contributed by atoms with Crippen molar-refractivity contribution in [3.05, 3.63) is 99.6 Å². The zero-order valence-corrected chi connectivity index (χ0v) is 18.1. The molecule has 0 bridgehead atoms. The van der Waals surface area contributed by atoms with Crippen LogP contribution in [0.25, 0.3) is 0 Å². The van der Waals surface area contributed by atoms with Gasteiger partial charge in [-0.2, -0.15) is 8.42 Å². The second kappa shape index (κ2) is 9.65. The third kappa shape index (κ3) is 6.07. The van der Waals surface area contributed by atoms with Crippen LogP contribution in [0.3, 0.4) is 0 Å². The first-order valence-electron chi connectivity index (χ1n) is 8.73. The van der Waals surface area contributed by atoms with E-state index in [4.69, 9.17) is 23.8 Å². The van der Waals surface area contributed by atoms with Crippen LogP contribution in [-0.2, 0) is 10.0 Å². The molecule has 3 rings (SSSR count). The lowest BCUT2D eigenvalue weighted by molar-refractivity contribution is -0.384. The highest BCUT2D eigenvalue weighted by Gasteiger charge is 2.16. The Morgan fingerprint density at radius 2 is 1.58 bits per heavy atom. The molecule has 2 N–H and O–H groups in total. The molecule has 0 unspecified atom stereocenters. The minimum Gasteiger partial charge on any atom is -0.332 e. The van der Waals surface area contributed by atoms with Crippen LogP contribution in [0.5, 0.6) is 0 Å². The number of rotatable bonds is 5. The zero-order valence-electron chi connectivity index (χ0n) is 15.7. The van der Waals surface area contributed by atoms with Crippen LogP contribution in [0.2, 0.25) is 5.02 Å². The molecular weight excluding hydrogens is 460 g/mol. The van der Waals surface area contributed by atoms with Gasteiger partial charge in [-0.05, 0) is 48.6 Å². The standard InChI is InChI=1S/C20H15ClN4O4S2/c21-15-6-12-18(13-7-15)31(28,29)24-19(14-4-2-1-3-5-14)23-20(30)22-16-8-10-17(11-9-16)25(26)27/h1-13H,(H2,22,23,24,30). The van der Waals surface area contributed by atoms with Gasteiger partial charge in [0, 0.05) is 28.4 Å². The fraction of sp³-hybridized carbons (Fsp3) is 0. The van der Waals surface area contributed by atoms with E-state index in [1.54, 1.807) is 30.3 Å². The van der Waals surface area contributed by atoms with Crippen molar-refractivity contribution in [1.29, 1.82) is 0 Å². The van der Waals surface area contributed by atoms with Gasteiger partial charge in [-0.25, -0.2) is 0 Å². The van der Waals surface area contributed by atoms with Gasteiger partial charge in [0.1, 0.15) is 0 Å². The molecule has 0 amide bonds. The summed E-state index contributed by atoms with van der Waals surface area (Å²) in [4.78, 5) is 10.2. The van der Waals surface area contributed by atoms with Gasteiger partial charge in [-0.15, -0.1) is 4.40 Å². The molecule has 0 atom stereocenters. The number of nitro groups is 1. The molecule has 0 saturated carbocycles. The summed E-state index contributed by atoms with van der Waals surface area (Å²) in [6.45, 7) is 0. The fourth-order valence-electron chi connectivity index (χ4n) is 2.46. The molecule has 0 aliphatic carbocycles. The van der Waals surface area contributed by atoms with Crippen LogP contribution in [0.4, 0.5) is 11.4 Å². The van der Waals surface area contributed by atoms with Gasteiger partial charge in [-0.3, -0.25) is 10.1 Å². The van der Waals surface area contributed by atoms with Crippen molar-refractivity contribution in [3.63, 3.8) is 0 Å². The summed E-state index contributed by atoms with van der Waals surface area (Å²) in [5, 5.41) is 16.9. The molecule has 0 aliphatic heterocycles. The van der Waals surface area contributed by atoms with Gasteiger partial charge in [0.25, 0.3) is 15.7 Å². The largest absolute Gasteiger partial charge is 0.332 e. The van der Waals surface area contributed by atoms with Crippen LogP contribution in [0, 0.1) is 10.1 Å². The van der Waals surface area contributed by atoms with Gasteiger partial charge in [-0.1, -0.05) is 41.9 Å². The second-order valence-corrected chi connectivity index (χ2v) is 8.57. The van der Waals surface area contributed by atoms with E-state index in [1.165, 1.54) is 48.5 Å². The summed E-state index contributed by atoms with van der Waals surface area (Å²) in [6, 6.07) is 19.8. The lowest BCUT2D eigenvalue weighted by Gasteiger charge is -2.13. The first-order valence-corrected chi connectivity index (χ1v) is 11.0. The highest BCUT2D eigenvalue weighted by molar-refractivity contribution is 7.90. The van der Waals surface area contributed by atoms with Crippen molar-refractivity contribution in [1.82, 2.24) is 5.32 Å². The minimum absolute atomic E-state index is 0.00922. The molecule has 3 aromatic rings. The van der Waals surface area contributed by atoms with E-state index in [0.717, 1.165) is 0 Å². The predicted octanol–water partition coefficient (Wildman–Crippen LogP) is 4.37. The van der Waals surface area contributed by atoms with Crippen LogP contribution in [-0.4, -0.2) is 24.3 Å². The Morgan fingerprint density at radius 1 is 0.968 bits per heavy atom. The topological polar surface area (TPSA) is 114 Å².